The van der Waals surface area contributed by atoms with Gasteiger partial charge >= 0.3 is 6.09 Å². The number of sulfonamides is 1. The number of hydrogen-bond donors (Lipinski definition) is 3. The molecule has 0 radical (unpaired) electrons. The lowest BCUT2D eigenvalue weighted by molar-refractivity contribution is -0.150. The number of methoxy groups -OCH3 is 2. The molecule has 1 aliphatic heterocycles. The zero-order chi connectivity index (χ0) is 38.8. The molecule has 2 aliphatic carbocycles. The lowest BCUT2D eigenvalue weighted by atomic mass is 9.83. The van der Waals surface area contributed by atoms with Crippen molar-refractivity contribution in [2.75, 3.05) is 27.6 Å². The van der Waals surface area contributed by atoms with Crippen molar-refractivity contribution in [2.24, 2.45) is 10.8 Å². The van der Waals surface area contributed by atoms with Crippen LogP contribution in [0.2, 0.25) is 0 Å². The lowest BCUT2D eigenvalue weighted by Gasteiger charge is -2.38. The van der Waals surface area contributed by atoms with Gasteiger partial charge in [-0.05, 0) is 109 Å². The monoisotopic (exact) mass is 756 g/mol. The molecule has 2 atom stereocenters. The number of fused-ring (bicyclic) bond motifs is 2. The zero-order valence-corrected chi connectivity index (χ0v) is 33.0. The zero-order valence-electron chi connectivity index (χ0n) is 32.1. The third-order valence-electron chi connectivity index (χ3n) is 10.7. The van der Waals surface area contributed by atoms with E-state index in [2.05, 4.69) is 41.3 Å². The number of aryl methyl sites for hydroxylation is 2. The first-order valence-electron chi connectivity index (χ1n) is 18.6. The largest absolute Gasteiger partial charge is 0.496 e. The normalized spacial score (nSPS) is 22.8. The van der Waals surface area contributed by atoms with Crippen molar-refractivity contribution in [3.05, 3.63) is 41.5 Å². The number of nitrogens with zero attached hydrogens (tertiary/aromatic N) is 1. The summed E-state index contributed by atoms with van der Waals surface area (Å²) in [5.74, 6) is -1.16. The van der Waals surface area contributed by atoms with Gasteiger partial charge < -0.3 is 29.7 Å². The summed E-state index contributed by atoms with van der Waals surface area (Å²) in [5, 5.41) is 6.99. The van der Waals surface area contributed by atoms with Gasteiger partial charge in [-0.25, -0.2) is 13.2 Å². The first kappa shape index (κ1) is 40.3. The van der Waals surface area contributed by atoms with Gasteiger partial charge in [-0.15, -0.1) is 0 Å². The van der Waals surface area contributed by atoms with Gasteiger partial charge in [-0.2, -0.15) is 0 Å². The van der Waals surface area contributed by atoms with E-state index in [9.17, 15) is 27.6 Å². The molecule has 3 aliphatic rings. The number of nitrogens with one attached hydrogen (secondary N) is 3. The second kappa shape index (κ2) is 15.8. The molecule has 0 unspecified atom stereocenters. The first-order chi connectivity index (χ1) is 24.9. The van der Waals surface area contributed by atoms with Gasteiger partial charge in [0.15, 0.2) is 0 Å². The first-order valence-corrected chi connectivity index (χ1v) is 20.1. The lowest BCUT2D eigenvalue weighted by Crippen LogP contribution is -2.61. The summed E-state index contributed by atoms with van der Waals surface area (Å²) in [7, 11) is -0.772. The van der Waals surface area contributed by atoms with Crippen LogP contribution in [0.3, 0.4) is 0 Å². The van der Waals surface area contributed by atoms with E-state index >= 15 is 0 Å². The average Bonchev–Trinajstić information content (AvgIpc) is 4.01. The standard InChI is InChI=1S/C39H56N4O9S/c1-37(2,3)32-34(45)43(24-50-6)30(33(44)41-39(17-18-39)35(46)42-53(48,49)29-13-14-29)15-11-25-10-12-26-23-31(51-7)27(22-28(26)21-25)9-8-16-38(4,5)19-20-52-36(47)40-32/h10,12,21-23,29-30,32H,8-9,11,13-20,24H2,1-7H3,(H,40,47)(H,41,44)(H,42,46)/t30-,32+/m0/s1. The second-order valence-electron chi connectivity index (χ2n) is 16.7. The number of cyclic esters (lactones) is 1. The molecule has 3 N–H and O–H groups in total. The molecule has 3 bridgehead atoms. The Morgan fingerprint density at radius 3 is 2.32 bits per heavy atom. The van der Waals surface area contributed by atoms with Crippen molar-refractivity contribution in [1.29, 1.82) is 0 Å². The van der Waals surface area contributed by atoms with Crippen molar-refractivity contribution >= 4 is 44.6 Å². The van der Waals surface area contributed by atoms with E-state index in [1.165, 1.54) is 12.0 Å². The molecule has 4 amide bonds. The van der Waals surface area contributed by atoms with E-state index in [0.29, 0.717) is 25.7 Å². The van der Waals surface area contributed by atoms with Crippen molar-refractivity contribution < 1.29 is 41.8 Å². The molecule has 0 aromatic heterocycles. The predicted octanol–water partition coefficient (Wildman–Crippen LogP) is 4.73. The summed E-state index contributed by atoms with van der Waals surface area (Å²) >= 11 is 0. The summed E-state index contributed by atoms with van der Waals surface area (Å²) in [4.78, 5) is 56.7. The van der Waals surface area contributed by atoms with Crippen LogP contribution in [0.4, 0.5) is 4.79 Å². The highest BCUT2D eigenvalue weighted by atomic mass is 32.2. The minimum absolute atomic E-state index is 0.120. The van der Waals surface area contributed by atoms with Crippen LogP contribution < -0.4 is 20.1 Å². The number of rotatable bonds is 8. The molecule has 2 aromatic rings. The number of amides is 4. The highest BCUT2D eigenvalue weighted by molar-refractivity contribution is 7.91. The number of benzene rings is 2. The molecular weight excluding hydrogens is 701 g/mol. The molecule has 2 fully saturated rings. The SMILES string of the molecule is COCN1C(=O)[C@H](C(C)(C)C)NC(=O)OCCC(C)(C)CCCc2cc3cc(ccc3cc2OC)CC[C@H]1C(=O)NC1(C(=O)NS(=O)(=O)C2CC2)CC1. The Bertz CT molecular complexity index is 1810. The smallest absolute Gasteiger partial charge is 0.407 e. The molecule has 2 saturated carbocycles. The van der Waals surface area contributed by atoms with Crippen molar-refractivity contribution in [3.63, 3.8) is 0 Å². The number of carbonyl (C=O) groups is 4. The van der Waals surface area contributed by atoms with Gasteiger partial charge in [0.05, 0.1) is 19.0 Å². The highest BCUT2D eigenvalue weighted by Crippen LogP contribution is 2.38. The fourth-order valence-corrected chi connectivity index (χ4v) is 8.29. The molecule has 1 heterocycles. The molecule has 53 heavy (non-hydrogen) atoms. The highest BCUT2D eigenvalue weighted by Gasteiger charge is 2.54. The molecule has 0 spiro atoms. The maximum absolute atomic E-state index is 14.5. The average molecular weight is 757 g/mol. The molecule has 5 rings (SSSR count). The van der Waals surface area contributed by atoms with Crippen LogP contribution in [0.5, 0.6) is 5.75 Å². The minimum atomic E-state index is -3.84. The predicted molar refractivity (Wildman–Crippen MR) is 201 cm³/mol. The maximum atomic E-state index is 14.5. The van der Waals surface area contributed by atoms with Crippen LogP contribution in [0.15, 0.2) is 30.3 Å². The summed E-state index contributed by atoms with van der Waals surface area (Å²) < 4.78 is 44.3. The Hall–Kier alpha value is -3.91. The van der Waals surface area contributed by atoms with Gasteiger partial charge in [0.2, 0.25) is 21.8 Å². The van der Waals surface area contributed by atoms with Crippen LogP contribution in [0.25, 0.3) is 10.8 Å². The molecule has 2 aromatic carbocycles. The number of ether oxygens (including phenoxy) is 3. The summed E-state index contributed by atoms with van der Waals surface area (Å²) in [6, 6.07) is 7.98. The Kier molecular flexibility index (Phi) is 12.0. The van der Waals surface area contributed by atoms with Gasteiger partial charge in [0.25, 0.3) is 5.91 Å². The van der Waals surface area contributed by atoms with Crippen LogP contribution in [0, 0.1) is 10.8 Å². The Morgan fingerprint density at radius 1 is 0.981 bits per heavy atom. The van der Waals surface area contributed by atoms with E-state index in [0.717, 1.165) is 46.9 Å². The third-order valence-corrected chi connectivity index (χ3v) is 12.5. The number of alkyl carbamates (subject to hydrolysis) is 1. The van der Waals surface area contributed by atoms with Crippen molar-refractivity contribution in [2.45, 2.75) is 122 Å². The molecule has 14 heteroatoms. The molecule has 0 saturated heterocycles. The number of carbonyl (C=O) groups excluding carboxylic acids is 4. The molecule has 13 nitrogen and oxygen atoms in total. The van der Waals surface area contributed by atoms with Crippen molar-refractivity contribution in [3.8, 4) is 5.75 Å². The Morgan fingerprint density at radius 2 is 1.70 bits per heavy atom. The van der Waals surface area contributed by atoms with Gasteiger partial charge in [0, 0.05) is 7.11 Å². The van der Waals surface area contributed by atoms with E-state index in [-0.39, 0.29) is 38.0 Å². The van der Waals surface area contributed by atoms with Crippen LogP contribution in [-0.2, 0) is 46.7 Å². The number of hydrogen-bond acceptors (Lipinski definition) is 9. The van der Waals surface area contributed by atoms with Gasteiger partial charge in [-0.1, -0.05) is 52.8 Å². The third kappa shape index (κ3) is 10.00. The Balaban J connectivity index is 1.51. The summed E-state index contributed by atoms with van der Waals surface area (Å²) in [6.45, 7) is 9.56. The van der Waals surface area contributed by atoms with E-state index < -0.39 is 62.1 Å². The van der Waals surface area contributed by atoms with Gasteiger partial charge in [-0.3, -0.25) is 19.1 Å². The fraction of sp³-hybridized carbons (Fsp3) is 0.641. The van der Waals surface area contributed by atoms with E-state index in [4.69, 9.17) is 14.2 Å². The maximum Gasteiger partial charge on any atom is 0.407 e. The van der Waals surface area contributed by atoms with E-state index in [1.54, 1.807) is 27.9 Å². The van der Waals surface area contributed by atoms with Crippen LogP contribution in [0.1, 0.15) is 97.1 Å². The topological polar surface area (TPSA) is 169 Å². The van der Waals surface area contributed by atoms with Crippen molar-refractivity contribution in [1.82, 2.24) is 20.3 Å². The molecular formula is C39H56N4O9S. The Labute approximate surface area is 313 Å². The summed E-state index contributed by atoms with van der Waals surface area (Å²) in [6.07, 6.45) is 4.45. The minimum Gasteiger partial charge on any atom is -0.496 e. The van der Waals surface area contributed by atoms with E-state index in [1.807, 2.05) is 18.2 Å². The molecule has 292 valence electrons. The van der Waals surface area contributed by atoms with Crippen LogP contribution in [-0.4, -0.2) is 87.6 Å². The second-order valence-corrected chi connectivity index (χ2v) is 18.7. The van der Waals surface area contributed by atoms with Gasteiger partial charge in [0.1, 0.15) is 30.1 Å². The van der Waals surface area contributed by atoms with Crippen LogP contribution >= 0.6 is 0 Å². The quantitative estimate of drug-likeness (QED) is 0.345. The fourth-order valence-electron chi connectivity index (χ4n) is 6.91. The summed E-state index contributed by atoms with van der Waals surface area (Å²) in [5.41, 5.74) is -0.328.